The third kappa shape index (κ3) is 1.65. The minimum Gasteiger partial charge on any atom is -0.496 e. The van der Waals surface area contributed by atoms with E-state index in [0.717, 1.165) is 11.3 Å². The number of hydrogen-bond donors (Lipinski definition) is 2. The number of benzene rings is 1. The van der Waals surface area contributed by atoms with E-state index in [9.17, 15) is 9.90 Å². The molecule has 0 spiro atoms. The highest BCUT2D eigenvalue weighted by atomic mass is 16.5. The van der Waals surface area contributed by atoms with Gasteiger partial charge in [-0.3, -0.25) is 4.79 Å². The smallest absolute Gasteiger partial charge is 0.309 e. The third-order valence-corrected chi connectivity index (χ3v) is 3.11. The number of carbonyl (C=O) groups is 1. The molecule has 0 fully saturated rings. The van der Waals surface area contributed by atoms with Gasteiger partial charge in [0.15, 0.2) is 0 Å². The summed E-state index contributed by atoms with van der Waals surface area (Å²) in [6.45, 7) is 0. The molecule has 1 aliphatic carbocycles. The van der Waals surface area contributed by atoms with Crippen LogP contribution in [0.25, 0.3) is 0 Å². The first-order chi connectivity index (χ1) is 7.65. The van der Waals surface area contributed by atoms with E-state index >= 15 is 0 Å². The summed E-state index contributed by atoms with van der Waals surface area (Å²) < 4.78 is 5.20. The lowest BCUT2D eigenvalue weighted by Crippen LogP contribution is -2.27. The monoisotopic (exact) mass is 222 g/mol. The molecule has 2 unspecified atom stereocenters. The topological polar surface area (TPSA) is 66.8 Å². The predicted octanol–water partition coefficient (Wildman–Crippen LogP) is 1.38. The maximum absolute atomic E-state index is 10.9. The molecule has 86 valence electrons. The standard InChI is InChI=1S/C12H14O4/c1-16-10-4-2-3-8-7(10)5-6-9(11(8)13)12(14)15/h2-4,9,11,13H,5-6H2,1H3,(H,14,15). The van der Waals surface area contributed by atoms with Crippen molar-refractivity contribution in [1.29, 1.82) is 0 Å². The van der Waals surface area contributed by atoms with Crippen LogP contribution in [0, 0.1) is 5.92 Å². The first-order valence-electron chi connectivity index (χ1n) is 5.21. The van der Waals surface area contributed by atoms with E-state index in [1.54, 1.807) is 19.2 Å². The summed E-state index contributed by atoms with van der Waals surface area (Å²) in [5.74, 6) is -0.930. The molecule has 4 heteroatoms. The van der Waals surface area contributed by atoms with Gasteiger partial charge in [-0.1, -0.05) is 12.1 Å². The number of fused-ring (bicyclic) bond motifs is 1. The zero-order valence-corrected chi connectivity index (χ0v) is 9.01. The van der Waals surface area contributed by atoms with E-state index in [2.05, 4.69) is 0 Å². The van der Waals surface area contributed by atoms with Gasteiger partial charge >= 0.3 is 5.97 Å². The van der Waals surface area contributed by atoms with Crippen molar-refractivity contribution in [2.75, 3.05) is 7.11 Å². The van der Waals surface area contributed by atoms with Gasteiger partial charge in [0.25, 0.3) is 0 Å². The van der Waals surface area contributed by atoms with Crippen LogP contribution in [-0.2, 0) is 11.2 Å². The molecular weight excluding hydrogens is 208 g/mol. The lowest BCUT2D eigenvalue weighted by atomic mass is 9.81. The second-order valence-corrected chi connectivity index (χ2v) is 3.96. The Morgan fingerprint density at radius 1 is 1.50 bits per heavy atom. The molecule has 2 N–H and O–H groups in total. The summed E-state index contributed by atoms with van der Waals surface area (Å²) in [4.78, 5) is 10.9. The van der Waals surface area contributed by atoms with Crippen molar-refractivity contribution in [3.8, 4) is 5.75 Å². The van der Waals surface area contributed by atoms with E-state index < -0.39 is 18.0 Å². The van der Waals surface area contributed by atoms with E-state index in [4.69, 9.17) is 9.84 Å². The number of aliphatic hydroxyl groups excluding tert-OH is 1. The van der Waals surface area contributed by atoms with Crippen molar-refractivity contribution < 1.29 is 19.7 Å². The first kappa shape index (κ1) is 11.0. The zero-order chi connectivity index (χ0) is 11.7. The molecule has 1 aliphatic rings. The van der Waals surface area contributed by atoms with Crippen molar-refractivity contribution in [2.45, 2.75) is 18.9 Å². The predicted molar refractivity (Wildman–Crippen MR) is 57.4 cm³/mol. The normalized spacial score (nSPS) is 23.6. The van der Waals surface area contributed by atoms with E-state index in [1.165, 1.54) is 0 Å². The fourth-order valence-electron chi connectivity index (χ4n) is 2.25. The van der Waals surface area contributed by atoms with Gasteiger partial charge in [0.05, 0.1) is 19.1 Å². The molecule has 0 bridgehead atoms. The summed E-state index contributed by atoms with van der Waals surface area (Å²) in [5, 5.41) is 18.9. The Morgan fingerprint density at radius 2 is 2.25 bits per heavy atom. The number of methoxy groups -OCH3 is 1. The molecule has 0 amide bonds. The largest absolute Gasteiger partial charge is 0.496 e. The van der Waals surface area contributed by atoms with Gasteiger partial charge in [-0.15, -0.1) is 0 Å². The quantitative estimate of drug-likeness (QED) is 0.793. The van der Waals surface area contributed by atoms with Gasteiger partial charge < -0.3 is 14.9 Å². The number of aliphatic carboxylic acids is 1. The highest BCUT2D eigenvalue weighted by Gasteiger charge is 2.34. The molecule has 4 nitrogen and oxygen atoms in total. The molecule has 0 aliphatic heterocycles. The van der Waals surface area contributed by atoms with Crippen LogP contribution in [0.1, 0.15) is 23.7 Å². The Bertz CT molecular complexity index is 413. The summed E-state index contributed by atoms with van der Waals surface area (Å²) >= 11 is 0. The Morgan fingerprint density at radius 3 is 2.88 bits per heavy atom. The fraction of sp³-hybridized carbons (Fsp3) is 0.417. The number of ether oxygens (including phenoxy) is 1. The summed E-state index contributed by atoms with van der Waals surface area (Å²) in [6, 6.07) is 5.36. The minimum absolute atomic E-state index is 0.448. The Labute approximate surface area is 93.5 Å². The molecule has 0 heterocycles. The zero-order valence-electron chi connectivity index (χ0n) is 9.01. The molecule has 16 heavy (non-hydrogen) atoms. The SMILES string of the molecule is COc1cccc2c1CCC(C(=O)O)C2O. The van der Waals surface area contributed by atoms with E-state index in [1.807, 2.05) is 6.07 Å². The molecular formula is C12H14O4. The van der Waals surface area contributed by atoms with Crippen molar-refractivity contribution >= 4 is 5.97 Å². The molecule has 1 aromatic carbocycles. The number of carboxylic acid groups (broad SMARTS) is 1. The highest BCUT2D eigenvalue weighted by molar-refractivity contribution is 5.72. The van der Waals surface area contributed by atoms with E-state index in [0.29, 0.717) is 18.4 Å². The van der Waals surface area contributed by atoms with Gasteiger partial charge in [0.1, 0.15) is 5.75 Å². The second kappa shape index (κ2) is 4.14. The first-order valence-corrected chi connectivity index (χ1v) is 5.21. The van der Waals surface area contributed by atoms with Crippen LogP contribution in [0.3, 0.4) is 0 Å². The van der Waals surface area contributed by atoms with Gasteiger partial charge in [0.2, 0.25) is 0 Å². The second-order valence-electron chi connectivity index (χ2n) is 3.96. The van der Waals surface area contributed by atoms with Gasteiger partial charge in [-0.2, -0.15) is 0 Å². The average molecular weight is 222 g/mol. The minimum atomic E-state index is -0.944. The van der Waals surface area contributed by atoms with Crippen molar-refractivity contribution in [2.24, 2.45) is 5.92 Å². The molecule has 0 saturated carbocycles. The summed E-state index contributed by atoms with van der Waals surface area (Å²) in [5.41, 5.74) is 1.60. The molecule has 2 atom stereocenters. The maximum Gasteiger partial charge on any atom is 0.309 e. The maximum atomic E-state index is 10.9. The number of hydrogen-bond acceptors (Lipinski definition) is 3. The Hall–Kier alpha value is -1.55. The van der Waals surface area contributed by atoms with Gasteiger partial charge in [-0.25, -0.2) is 0 Å². The van der Waals surface area contributed by atoms with Crippen LogP contribution in [0.5, 0.6) is 5.75 Å². The number of carboxylic acids is 1. The molecule has 1 aromatic rings. The number of rotatable bonds is 2. The van der Waals surface area contributed by atoms with Crippen LogP contribution in [0.2, 0.25) is 0 Å². The lowest BCUT2D eigenvalue weighted by Gasteiger charge is -2.28. The molecule has 0 saturated heterocycles. The third-order valence-electron chi connectivity index (χ3n) is 3.11. The Balaban J connectivity index is 2.42. The molecule has 0 radical (unpaired) electrons. The number of aliphatic hydroxyl groups is 1. The fourth-order valence-corrected chi connectivity index (χ4v) is 2.25. The average Bonchev–Trinajstić information content (AvgIpc) is 2.28. The summed E-state index contributed by atoms with van der Waals surface area (Å²) in [6.07, 6.45) is 0.147. The van der Waals surface area contributed by atoms with E-state index in [-0.39, 0.29) is 0 Å². The Kier molecular flexibility index (Phi) is 2.83. The highest BCUT2D eigenvalue weighted by Crippen LogP contribution is 2.38. The van der Waals surface area contributed by atoms with Crippen LogP contribution < -0.4 is 4.74 Å². The van der Waals surface area contributed by atoms with Crippen LogP contribution >= 0.6 is 0 Å². The van der Waals surface area contributed by atoms with Crippen molar-refractivity contribution in [3.05, 3.63) is 29.3 Å². The molecule has 2 rings (SSSR count). The van der Waals surface area contributed by atoms with Gasteiger partial charge in [0, 0.05) is 0 Å². The van der Waals surface area contributed by atoms with Crippen molar-refractivity contribution in [1.82, 2.24) is 0 Å². The summed E-state index contributed by atoms with van der Waals surface area (Å²) in [7, 11) is 1.57. The molecule has 0 aromatic heterocycles. The van der Waals surface area contributed by atoms with Crippen LogP contribution in [-0.4, -0.2) is 23.3 Å². The van der Waals surface area contributed by atoms with Crippen LogP contribution in [0.4, 0.5) is 0 Å². The lowest BCUT2D eigenvalue weighted by molar-refractivity contribution is -0.146. The van der Waals surface area contributed by atoms with Gasteiger partial charge in [-0.05, 0) is 30.0 Å². The van der Waals surface area contributed by atoms with Crippen LogP contribution in [0.15, 0.2) is 18.2 Å². The van der Waals surface area contributed by atoms with Crippen molar-refractivity contribution in [3.63, 3.8) is 0 Å².